The maximum atomic E-state index is 4.48. The van der Waals surface area contributed by atoms with Crippen molar-refractivity contribution in [3.63, 3.8) is 0 Å². The SMILES string of the molecule is CCCC1CCCC(C)c2ncncc21. The number of aromatic nitrogens is 2. The first-order chi connectivity index (χ1) is 7.33. The van der Waals surface area contributed by atoms with Gasteiger partial charge in [-0.1, -0.05) is 26.7 Å². The standard InChI is InChI=1S/C13H20N2/c1-3-5-11-7-4-6-10(2)13-12(11)8-14-9-15-13/h8-11H,3-7H2,1-2H3. The largest absolute Gasteiger partial charge is 0.245 e. The molecule has 0 saturated carbocycles. The molecule has 82 valence electrons. The number of rotatable bonds is 2. The molecular formula is C13H20N2. The van der Waals surface area contributed by atoms with E-state index in [1.165, 1.54) is 43.4 Å². The highest BCUT2D eigenvalue weighted by atomic mass is 14.8. The quantitative estimate of drug-likeness (QED) is 0.687. The Labute approximate surface area is 92.1 Å². The molecule has 2 atom stereocenters. The molecule has 2 unspecified atom stereocenters. The summed E-state index contributed by atoms with van der Waals surface area (Å²) in [6.07, 6.45) is 10.2. The number of fused-ring (bicyclic) bond motifs is 1. The summed E-state index contributed by atoms with van der Waals surface area (Å²) in [4.78, 5) is 8.68. The van der Waals surface area contributed by atoms with Crippen LogP contribution in [-0.4, -0.2) is 9.97 Å². The van der Waals surface area contributed by atoms with Crippen molar-refractivity contribution in [3.05, 3.63) is 23.8 Å². The fraction of sp³-hybridized carbons (Fsp3) is 0.692. The lowest BCUT2D eigenvalue weighted by molar-refractivity contribution is 0.540. The molecule has 0 saturated heterocycles. The van der Waals surface area contributed by atoms with E-state index in [-0.39, 0.29) is 0 Å². The van der Waals surface area contributed by atoms with Crippen molar-refractivity contribution in [3.8, 4) is 0 Å². The van der Waals surface area contributed by atoms with E-state index in [2.05, 4.69) is 23.8 Å². The van der Waals surface area contributed by atoms with Crippen molar-refractivity contribution in [2.24, 2.45) is 0 Å². The molecule has 1 heterocycles. The van der Waals surface area contributed by atoms with Gasteiger partial charge < -0.3 is 0 Å². The highest BCUT2D eigenvalue weighted by Crippen LogP contribution is 2.37. The molecule has 0 spiro atoms. The summed E-state index contributed by atoms with van der Waals surface area (Å²) in [6, 6.07) is 0. The van der Waals surface area contributed by atoms with E-state index in [1.807, 2.05) is 6.20 Å². The predicted molar refractivity (Wildman–Crippen MR) is 61.9 cm³/mol. The van der Waals surface area contributed by atoms with Gasteiger partial charge in [0.1, 0.15) is 6.33 Å². The Hall–Kier alpha value is -0.920. The number of nitrogens with zero attached hydrogens (tertiary/aromatic N) is 2. The van der Waals surface area contributed by atoms with Crippen molar-refractivity contribution >= 4 is 0 Å². The lowest BCUT2D eigenvalue weighted by Crippen LogP contribution is -2.04. The van der Waals surface area contributed by atoms with E-state index >= 15 is 0 Å². The Morgan fingerprint density at radius 2 is 2.27 bits per heavy atom. The van der Waals surface area contributed by atoms with Crippen LogP contribution in [0.15, 0.2) is 12.5 Å². The van der Waals surface area contributed by atoms with Crippen molar-refractivity contribution in [2.75, 3.05) is 0 Å². The maximum Gasteiger partial charge on any atom is 0.115 e. The van der Waals surface area contributed by atoms with Gasteiger partial charge in [-0.25, -0.2) is 9.97 Å². The Balaban J connectivity index is 2.34. The Morgan fingerprint density at radius 3 is 3.07 bits per heavy atom. The molecule has 0 bridgehead atoms. The minimum Gasteiger partial charge on any atom is -0.245 e. The normalized spacial score (nSPS) is 25.7. The molecule has 0 radical (unpaired) electrons. The summed E-state index contributed by atoms with van der Waals surface area (Å²) in [5, 5.41) is 0. The molecule has 0 aliphatic heterocycles. The molecule has 1 aliphatic rings. The Bertz CT molecular complexity index is 322. The van der Waals surface area contributed by atoms with Crippen LogP contribution in [0.1, 0.15) is 69.0 Å². The minimum atomic E-state index is 0.616. The minimum absolute atomic E-state index is 0.616. The van der Waals surface area contributed by atoms with E-state index in [9.17, 15) is 0 Å². The second-order valence-electron chi connectivity index (χ2n) is 4.68. The molecule has 1 aromatic rings. The number of hydrogen-bond donors (Lipinski definition) is 0. The maximum absolute atomic E-state index is 4.48. The van der Waals surface area contributed by atoms with Crippen molar-refractivity contribution in [1.29, 1.82) is 0 Å². The average Bonchev–Trinajstić information content (AvgIpc) is 2.41. The highest BCUT2D eigenvalue weighted by Gasteiger charge is 2.22. The average molecular weight is 204 g/mol. The van der Waals surface area contributed by atoms with Crippen molar-refractivity contribution in [1.82, 2.24) is 9.97 Å². The molecule has 0 N–H and O–H groups in total. The van der Waals surface area contributed by atoms with Crippen LogP contribution < -0.4 is 0 Å². The molecule has 2 nitrogen and oxygen atoms in total. The molecule has 2 heteroatoms. The van der Waals surface area contributed by atoms with Crippen LogP contribution in [0.3, 0.4) is 0 Å². The predicted octanol–water partition coefficient (Wildman–Crippen LogP) is 3.65. The molecule has 15 heavy (non-hydrogen) atoms. The van der Waals surface area contributed by atoms with Gasteiger partial charge in [0.25, 0.3) is 0 Å². The van der Waals surface area contributed by atoms with Gasteiger partial charge in [0, 0.05) is 6.20 Å². The molecule has 0 amide bonds. The zero-order valence-electron chi connectivity index (χ0n) is 9.74. The van der Waals surface area contributed by atoms with Gasteiger partial charge in [-0.15, -0.1) is 0 Å². The van der Waals surface area contributed by atoms with Gasteiger partial charge in [-0.05, 0) is 36.7 Å². The molecular weight excluding hydrogens is 184 g/mol. The van der Waals surface area contributed by atoms with Crippen molar-refractivity contribution < 1.29 is 0 Å². The van der Waals surface area contributed by atoms with Crippen LogP contribution in [0.5, 0.6) is 0 Å². The summed E-state index contributed by atoms with van der Waals surface area (Å²) in [7, 11) is 0. The lowest BCUT2D eigenvalue weighted by Gasteiger charge is -2.16. The zero-order chi connectivity index (χ0) is 10.7. The van der Waals surface area contributed by atoms with E-state index < -0.39 is 0 Å². The second-order valence-corrected chi connectivity index (χ2v) is 4.68. The van der Waals surface area contributed by atoms with E-state index in [1.54, 1.807) is 6.33 Å². The van der Waals surface area contributed by atoms with Gasteiger partial charge in [-0.2, -0.15) is 0 Å². The van der Waals surface area contributed by atoms with Crippen LogP contribution >= 0.6 is 0 Å². The summed E-state index contributed by atoms with van der Waals surface area (Å²) in [6.45, 7) is 4.55. The second kappa shape index (κ2) is 4.73. The van der Waals surface area contributed by atoms with Gasteiger partial charge in [0.15, 0.2) is 0 Å². The fourth-order valence-corrected chi connectivity index (χ4v) is 2.69. The van der Waals surface area contributed by atoms with E-state index in [0.29, 0.717) is 11.8 Å². The van der Waals surface area contributed by atoms with E-state index in [4.69, 9.17) is 0 Å². The van der Waals surface area contributed by atoms with Crippen LogP contribution in [0.2, 0.25) is 0 Å². The van der Waals surface area contributed by atoms with Crippen molar-refractivity contribution in [2.45, 2.75) is 57.8 Å². The summed E-state index contributed by atoms with van der Waals surface area (Å²) in [5.41, 5.74) is 2.73. The van der Waals surface area contributed by atoms with Crippen LogP contribution in [0.4, 0.5) is 0 Å². The summed E-state index contributed by atoms with van der Waals surface area (Å²) < 4.78 is 0. The Kier molecular flexibility index (Phi) is 3.34. The van der Waals surface area contributed by atoms with Gasteiger partial charge in [-0.3, -0.25) is 0 Å². The third-order valence-corrected chi connectivity index (χ3v) is 3.51. The first-order valence-corrected chi connectivity index (χ1v) is 6.12. The lowest BCUT2D eigenvalue weighted by atomic mass is 9.91. The van der Waals surface area contributed by atoms with E-state index in [0.717, 1.165) is 0 Å². The number of hydrogen-bond acceptors (Lipinski definition) is 2. The molecule has 1 aliphatic carbocycles. The topological polar surface area (TPSA) is 25.8 Å². The first kappa shape index (κ1) is 10.6. The van der Waals surface area contributed by atoms with Crippen LogP contribution in [0.25, 0.3) is 0 Å². The van der Waals surface area contributed by atoms with Gasteiger partial charge >= 0.3 is 0 Å². The molecule has 1 aromatic heterocycles. The van der Waals surface area contributed by atoms with Crippen LogP contribution in [0, 0.1) is 0 Å². The monoisotopic (exact) mass is 204 g/mol. The van der Waals surface area contributed by atoms with Gasteiger partial charge in [0.2, 0.25) is 0 Å². The molecule has 0 fully saturated rings. The fourth-order valence-electron chi connectivity index (χ4n) is 2.69. The highest BCUT2D eigenvalue weighted by molar-refractivity contribution is 5.25. The van der Waals surface area contributed by atoms with Gasteiger partial charge in [0.05, 0.1) is 5.69 Å². The zero-order valence-corrected chi connectivity index (χ0v) is 9.74. The Morgan fingerprint density at radius 1 is 1.40 bits per heavy atom. The smallest absolute Gasteiger partial charge is 0.115 e. The summed E-state index contributed by atoms with van der Waals surface area (Å²) in [5.74, 6) is 1.32. The summed E-state index contributed by atoms with van der Waals surface area (Å²) >= 11 is 0. The molecule has 2 rings (SSSR count). The van der Waals surface area contributed by atoms with Crippen LogP contribution in [-0.2, 0) is 0 Å². The third-order valence-electron chi connectivity index (χ3n) is 3.51. The first-order valence-electron chi connectivity index (χ1n) is 6.12. The third kappa shape index (κ3) is 2.19. The molecule has 0 aromatic carbocycles.